The first-order valence-electron chi connectivity index (χ1n) is 4.93. The van der Waals surface area contributed by atoms with Gasteiger partial charge in [-0.25, -0.2) is 0 Å². The van der Waals surface area contributed by atoms with Crippen LogP contribution in [-0.2, 0) is 4.79 Å². The third kappa shape index (κ3) is 3.77. The number of nitrogens with one attached hydrogen (secondary N) is 1. The molecule has 0 rings (SSSR count). The normalized spacial score (nSPS) is 11.5. The number of likely N-dealkylation sites (N-methyl/N-ethyl adjacent to an activating group) is 2. The molecule has 1 N–H and O–H groups in total. The van der Waals surface area contributed by atoms with Gasteiger partial charge in [0, 0.05) is 12.6 Å². The van der Waals surface area contributed by atoms with Crippen LogP contribution in [0.4, 0.5) is 0 Å². The van der Waals surface area contributed by atoms with Gasteiger partial charge in [0.25, 0.3) is 0 Å². The Hall–Kier alpha value is -0.570. The molecule has 0 unspecified atom stereocenters. The van der Waals surface area contributed by atoms with Crippen molar-refractivity contribution < 1.29 is 4.79 Å². The van der Waals surface area contributed by atoms with Gasteiger partial charge in [0.15, 0.2) is 0 Å². The Labute approximate surface area is 81.5 Å². The molecule has 0 aliphatic rings. The van der Waals surface area contributed by atoms with Crippen LogP contribution in [0.3, 0.4) is 0 Å². The standard InChI is InChI=1S/C10H22N2O/c1-6-10(3,4)12(5)9(13)8-11-7-2/h11H,6-8H2,1-5H3. The molecular formula is C10H22N2O. The minimum atomic E-state index is -0.0352. The van der Waals surface area contributed by atoms with Gasteiger partial charge >= 0.3 is 0 Å². The summed E-state index contributed by atoms with van der Waals surface area (Å²) in [5.74, 6) is 0.161. The first-order chi connectivity index (χ1) is 5.95. The van der Waals surface area contributed by atoms with Crippen molar-refractivity contribution in [3.63, 3.8) is 0 Å². The molecule has 78 valence electrons. The monoisotopic (exact) mass is 186 g/mol. The summed E-state index contributed by atoms with van der Waals surface area (Å²) in [4.78, 5) is 13.4. The van der Waals surface area contributed by atoms with E-state index in [4.69, 9.17) is 0 Å². The molecule has 0 atom stereocenters. The zero-order valence-electron chi connectivity index (χ0n) is 9.48. The van der Waals surface area contributed by atoms with Crippen LogP contribution in [0.15, 0.2) is 0 Å². The van der Waals surface area contributed by atoms with Crippen LogP contribution in [0.1, 0.15) is 34.1 Å². The van der Waals surface area contributed by atoms with E-state index in [1.165, 1.54) is 0 Å². The minimum absolute atomic E-state index is 0.0352. The van der Waals surface area contributed by atoms with E-state index in [0.29, 0.717) is 6.54 Å². The Morgan fingerprint density at radius 3 is 2.31 bits per heavy atom. The van der Waals surface area contributed by atoms with E-state index >= 15 is 0 Å². The molecule has 0 aromatic rings. The molecule has 3 nitrogen and oxygen atoms in total. The van der Waals surface area contributed by atoms with Crippen LogP contribution in [0.25, 0.3) is 0 Å². The van der Waals surface area contributed by atoms with Crippen LogP contribution < -0.4 is 5.32 Å². The lowest BCUT2D eigenvalue weighted by molar-refractivity contribution is -0.133. The molecule has 0 radical (unpaired) electrons. The lowest BCUT2D eigenvalue weighted by Crippen LogP contribution is -2.47. The molecule has 1 amide bonds. The van der Waals surface area contributed by atoms with E-state index in [0.717, 1.165) is 13.0 Å². The second-order valence-electron chi connectivity index (χ2n) is 3.90. The van der Waals surface area contributed by atoms with E-state index < -0.39 is 0 Å². The lowest BCUT2D eigenvalue weighted by atomic mass is 10.00. The van der Waals surface area contributed by atoms with Crippen molar-refractivity contribution in [3.8, 4) is 0 Å². The zero-order valence-corrected chi connectivity index (χ0v) is 9.48. The fourth-order valence-electron chi connectivity index (χ4n) is 0.925. The Bertz CT molecular complexity index is 166. The third-order valence-electron chi connectivity index (χ3n) is 2.67. The maximum atomic E-state index is 11.6. The average molecular weight is 186 g/mol. The van der Waals surface area contributed by atoms with Gasteiger partial charge in [-0.05, 0) is 26.8 Å². The molecule has 0 aliphatic carbocycles. The smallest absolute Gasteiger partial charge is 0.236 e. The maximum Gasteiger partial charge on any atom is 0.236 e. The largest absolute Gasteiger partial charge is 0.340 e. The molecule has 13 heavy (non-hydrogen) atoms. The van der Waals surface area contributed by atoms with Gasteiger partial charge in [0.05, 0.1) is 6.54 Å². The summed E-state index contributed by atoms with van der Waals surface area (Å²) in [5, 5.41) is 3.03. The molecule has 0 saturated heterocycles. The van der Waals surface area contributed by atoms with Gasteiger partial charge in [-0.3, -0.25) is 4.79 Å². The number of rotatable bonds is 5. The number of hydrogen-bond acceptors (Lipinski definition) is 2. The summed E-state index contributed by atoms with van der Waals surface area (Å²) in [6, 6.07) is 0. The SMILES string of the molecule is CCNCC(=O)N(C)C(C)(C)CC. The number of hydrogen-bond donors (Lipinski definition) is 1. The quantitative estimate of drug-likeness (QED) is 0.700. The first-order valence-corrected chi connectivity index (χ1v) is 4.93. The molecule has 0 aliphatic heterocycles. The average Bonchev–Trinajstić information content (AvgIpc) is 2.12. The molecule has 0 saturated carbocycles. The second kappa shape index (κ2) is 5.22. The van der Waals surface area contributed by atoms with Crippen molar-refractivity contribution in [3.05, 3.63) is 0 Å². The predicted molar refractivity (Wildman–Crippen MR) is 55.7 cm³/mol. The van der Waals surface area contributed by atoms with Crippen LogP contribution in [0, 0.1) is 0 Å². The van der Waals surface area contributed by atoms with Crippen molar-refractivity contribution in [2.24, 2.45) is 0 Å². The molecule has 0 aromatic heterocycles. The topological polar surface area (TPSA) is 32.3 Å². The Morgan fingerprint density at radius 2 is 1.92 bits per heavy atom. The zero-order chi connectivity index (χ0) is 10.5. The lowest BCUT2D eigenvalue weighted by Gasteiger charge is -2.34. The highest BCUT2D eigenvalue weighted by Gasteiger charge is 2.24. The van der Waals surface area contributed by atoms with Gasteiger partial charge in [0.1, 0.15) is 0 Å². The van der Waals surface area contributed by atoms with Gasteiger partial charge < -0.3 is 10.2 Å². The van der Waals surface area contributed by atoms with Crippen molar-refractivity contribution >= 4 is 5.91 Å². The van der Waals surface area contributed by atoms with Crippen molar-refractivity contribution in [2.45, 2.75) is 39.7 Å². The molecule has 0 bridgehead atoms. The van der Waals surface area contributed by atoms with Crippen LogP contribution in [0.5, 0.6) is 0 Å². The van der Waals surface area contributed by atoms with E-state index in [1.54, 1.807) is 0 Å². The number of amides is 1. The van der Waals surface area contributed by atoms with Gasteiger partial charge in [0.2, 0.25) is 5.91 Å². The summed E-state index contributed by atoms with van der Waals surface area (Å²) < 4.78 is 0. The van der Waals surface area contributed by atoms with Crippen molar-refractivity contribution in [1.29, 1.82) is 0 Å². The molecule has 0 aromatic carbocycles. The predicted octanol–water partition coefficient (Wildman–Crippen LogP) is 1.24. The molecule has 3 heteroatoms. The van der Waals surface area contributed by atoms with Crippen molar-refractivity contribution in [2.75, 3.05) is 20.1 Å². The highest BCUT2D eigenvalue weighted by atomic mass is 16.2. The molecular weight excluding hydrogens is 164 g/mol. The van der Waals surface area contributed by atoms with E-state index in [9.17, 15) is 4.79 Å². The Kier molecular flexibility index (Phi) is 4.99. The van der Waals surface area contributed by atoms with E-state index in [1.807, 2.05) is 18.9 Å². The highest BCUT2D eigenvalue weighted by molar-refractivity contribution is 5.78. The number of carbonyl (C=O) groups is 1. The fourth-order valence-corrected chi connectivity index (χ4v) is 0.925. The second-order valence-corrected chi connectivity index (χ2v) is 3.90. The Morgan fingerprint density at radius 1 is 1.38 bits per heavy atom. The molecule has 0 fully saturated rings. The number of nitrogens with zero attached hydrogens (tertiary/aromatic N) is 1. The number of carbonyl (C=O) groups excluding carboxylic acids is 1. The Balaban J connectivity index is 4.09. The van der Waals surface area contributed by atoms with Crippen LogP contribution in [0.2, 0.25) is 0 Å². The van der Waals surface area contributed by atoms with Gasteiger partial charge in [-0.1, -0.05) is 13.8 Å². The summed E-state index contributed by atoms with van der Waals surface area (Å²) in [6.07, 6.45) is 0.974. The summed E-state index contributed by atoms with van der Waals surface area (Å²) >= 11 is 0. The summed E-state index contributed by atoms with van der Waals surface area (Å²) in [5.41, 5.74) is -0.0352. The van der Waals surface area contributed by atoms with E-state index in [2.05, 4.69) is 26.1 Å². The van der Waals surface area contributed by atoms with Gasteiger partial charge in [-0.15, -0.1) is 0 Å². The van der Waals surface area contributed by atoms with Crippen LogP contribution in [-0.4, -0.2) is 36.5 Å². The molecule has 0 heterocycles. The third-order valence-corrected chi connectivity index (χ3v) is 2.67. The minimum Gasteiger partial charge on any atom is -0.340 e. The highest BCUT2D eigenvalue weighted by Crippen LogP contribution is 2.15. The molecule has 0 spiro atoms. The van der Waals surface area contributed by atoms with Crippen LogP contribution >= 0.6 is 0 Å². The maximum absolute atomic E-state index is 11.6. The first kappa shape index (κ1) is 12.4. The van der Waals surface area contributed by atoms with Crippen molar-refractivity contribution in [1.82, 2.24) is 10.2 Å². The summed E-state index contributed by atoms with van der Waals surface area (Å²) in [7, 11) is 1.86. The fraction of sp³-hybridized carbons (Fsp3) is 0.900. The van der Waals surface area contributed by atoms with E-state index in [-0.39, 0.29) is 11.4 Å². The van der Waals surface area contributed by atoms with Gasteiger partial charge in [-0.2, -0.15) is 0 Å². The summed E-state index contributed by atoms with van der Waals surface area (Å²) in [6.45, 7) is 9.53.